The van der Waals surface area contributed by atoms with Crippen LogP contribution in [0.3, 0.4) is 0 Å². The second kappa shape index (κ2) is 5.34. The number of sulfone groups is 1. The third-order valence-corrected chi connectivity index (χ3v) is 4.70. The molecule has 1 aromatic carbocycles. The van der Waals surface area contributed by atoms with Crippen molar-refractivity contribution in [2.45, 2.75) is 26.0 Å². The number of benzene rings is 1. The lowest BCUT2D eigenvalue weighted by Crippen LogP contribution is -2.22. The Bertz CT molecular complexity index is 421. The Balaban J connectivity index is 2.45. The summed E-state index contributed by atoms with van der Waals surface area (Å²) in [7, 11) is -2.94. The Labute approximate surface area is 97.8 Å². The molecule has 0 unspecified atom stereocenters. The molecule has 3 nitrogen and oxygen atoms in total. The van der Waals surface area contributed by atoms with E-state index in [1.54, 1.807) is 13.8 Å². The van der Waals surface area contributed by atoms with Crippen molar-refractivity contribution in [1.82, 2.24) is 0 Å². The van der Waals surface area contributed by atoms with Crippen molar-refractivity contribution in [3.8, 4) is 0 Å². The minimum atomic E-state index is -2.94. The molecule has 90 valence electrons. The van der Waals surface area contributed by atoms with Gasteiger partial charge in [0.05, 0.1) is 11.0 Å². The quantitative estimate of drug-likeness (QED) is 0.860. The van der Waals surface area contributed by atoms with E-state index >= 15 is 0 Å². The highest BCUT2D eigenvalue weighted by atomic mass is 32.2. The highest BCUT2D eigenvalue weighted by Gasteiger charge is 2.14. The van der Waals surface area contributed by atoms with Crippen molar-refractivity contribution in [1.29, 1.82) is 0 Å². The molecule has 1 N–H and O–H groups in total. The summed E-state index contributed by atoms with van der Waals surface area (Å²) in [6.07, 6.45) is 0. The molecular weight excluding hydrogens is 222 g/mol. The Morgan fingerprint density at radius 2 is 1.75 bits per heavy atom. The Morgan fingerprint density at radius 1 is 1.19 bits per heavy atom. The molecule has 16 heavy (non-hydrogen) atoms. The van der Waals surface area contributed by atoms with Crippen molar-refractivity contribution < 1.29 is 8.42 Å². The standard InChI is InChI=1S/C12H19NO2S/c1-10(2)16(14,15)9-8-13-12-6-4-11(3)5-7-12/h4-7,10,13H,8-9H2,1-3H3. The van der Waals surface area contributed by atoms with E-state index in [4.69, 9.17) is 0 Å². The zero-order valence-corrected chi connectivity index (χ0v) is 10.8. The molecule has 0 aromatic heterocycles. The second-order valence-electron chi connectivity index (χ2n) is 4.21. The maximum Gasteiger partial charge on any atom is 0.154 e. The third kappa shape index (κ3) is 3.85. The van der Waals surface area contributed by atoms with Gasteiger partial charge in [-0.1, -0.05) is 17.7 Å². The molecule has 4 heteroatoms. The van der Waals surface area contributed by atoms with E-state index in [2.05, 4.69) is 5.32 Å². The van der Waals surface area contributed by atoms with Crippen LogP contribution in [-0.4, -0.2) is 26.0 Å². The molecule has 0 saturated heterocycles. The lowest BCUT2D eigenvalue weighted by Gasteiger charge is -2.09. The van der Waals surface area contributed by atoms with Gasteiger partial charge < -0.3 is 5.32 Å². The Morgan fingerprint density at radius 3 is 2.25 bits per heavy atom. The first-order valence-electron chi connectivity index (χ1n) is 5.44. The molecule has 0 aliphatic rings. The summed E-state index contributed by atoms with van der Waals surface area (Å²) < 4.78 is 23.1. The number of hydrogen-bond donors (Lipinski definition) is 1. The van der Waals surface area contributed by atoms with E-state index in [1.165, 1.54) is 5.56 Å². The van der Waals surface area contributed by atoms with Crippen LogP contribution in [0.25, 0.3) is 0 Å². The molecule has 0 aliphatic carbocycles. The predicted molar refractivity (Wildman–Crippen MR) is 68.6 cm³/mol. The summed E-state index contributed by atoms with van der Waals surface area (Å²) in [6.45, 7) is 5.90. The minimum Gasteiger partial charge on any atom is -0.384 e. The molecule has 0 atom stereocenters. The fraction of sp³-hybridized carbons (Fsp3) is 0.500. The Hall–Kier alpha value is -1.03. The van der Waals surface area contributed by atoms with Gasteiger partial charge in [0.15, 0.2) is 9.84 Å². The van der Waals surface area contributed by atoms with Crippen LogP contribution < -0.4 is 5.32 Å². The van der Waals surface area contributed by atoms with Crippen LogP contribution in [0.5, 0.6) is 0 Å². The van der Waals surface area contributed by atoms with Crippen LogP contribution in [0.2, 0.25) is 0 Å². The number of hydrogen-bond acceptors (Lipinski definition) is 3. The summed E-state index contributed by atoms with van der Waals surface area (Å²) in [4.78, 5) is 0. The van der Waals surface area contributed by atoms with E-state index in [1.807, 2.05) is 31.2 Å². The summed E-state index contributed by atoms with van der Waals surface area (Å²) >= 11 is 0. The normalized spacial score (nSPS) is 11.8. The highest BCUT2D eigenvalue weighted by Crippen LogP contribution is 2.08. The van der Waals surface area contributed by atoms with Crippen LogP contribution in [0.4, 0.5) is 5.69 Å². The molecular formula is C12H19NO2S. The first-order valence-corrected chi connectivity index (χ1v) is 7.15. The molecule has 0 spiro atoms. The van der Waals surface area contributed by atoms with Gasteiger partial charge in [0.2, 0.25) is 0 Å². The van der Waals surface area contributed by atoms with Gasteiger partial charge in [0, 0.05) is 12.2 Å². The van der Waals surface area contributed by atoms with Gasteiger partial charge in [-0.2, -0.15) is 0 Å². The van der Waals surface area contributed by atoms with E-state index in [0.717, 1.165) is 5.69 Å². The zero-order valence-electron chi connectivity index (χ0n) is 10.0. The van der Waals surface area contributed by atoms with Crippen LogP contribution >= 0.6 is 0 Å². The first kappa shape index (κ1) is 13.0. The monoisotopic (exact) mass is 241 g/mol. The van der Waals surface area contributed by atoms with Crippen LogP contribution in [0, 0.1) is 6.92 Å². The van der Waals surface area contributed by atoms with Gasteiger partial charge in [-0.3, -0.25) is 0 Å². The number of aryl methyl sites for hydroxylation is 1. The average molecular weight is 241 g/mol. The molecule has 0 saturated carbocycles. The molecule has 0 aliphatic heterocycles. The SMILES string of the molecule is Cc1ccc(NCCS(=O)(=O)C(C)C)cc1. The average Bonchev–Trinajstić information content (AvgIpc) is 2.20. The van der Waals surface area contributed by atoms with Crippen LogP contribution in [-0.2, 0) is 9.84 Å². The van der Waals surface area contributed by atoms with E-state index in [0.29, 0.717) is 6.54 Å². The zero-order chi connectivity index (χ0) is 12.2. The van der Waals surface area contributed by atoms with Crippen molar-refractivity contribution in [2.24, 2.45) is 0 Å². The number of anilines is 1. The Kier molecular flexibility index (Phi) is 4.35. The lowest BCUT2D eigenvalue weighted by atomic mass is 10.2. The molecule has 0 bridgehead atoms. The highest BCUT2D eigenvalue weighted by molar-refractivity contribution is 7.92. The van der Waals surface area contributed by atoms with Crippen molar-refractivity contribution in [2.75, 3.05) is 17.6 Å². The topological polar surface area (TPSA) is 46.2 Å². The number of nitrogens with one attached hydrogen (secondary N) is 1. The van der Waals surface area contributed by atoms with E-state index in [-0.39, 0.29) is 11.0 Å². The summed E-state index contributed by atoms with van der Waals surface area (Å²) in [5.41, 5.74) is 2.16. The second-order valence-corrected chi connectivity index (χ2v) is 6.89. The van der Waals surface area contributed by atoms with Gasteiger partial charge in [-0.15, -0.1) is 0 Å². The van der Waals surface area contributed by atoms with Gasteiger partial charge in [-0.25, -0.2) is 8.42 Å². The van der Waals surface area contributed by atoms with Crippen LogP contribution in [0.1, 0.15) is 19.4 Å². The van der Waals surface area contributed by atoms with Crippen molar-refractivity contribution in [3.63, 3.8) is 0 Å². The van der Waals surface area contributed by atoms with Gasteiger partial charge >= 0.3 is 0 Å². The van der Waals surface area contributed by atoms with Crippen molar-refractivity contribution in [3.05, 3.63) is 29.8 Å². The van der Waals surface area contributed by atoms with Crippen molar-refractivity contribution >= 4 is 15.5 Å². The number of rotatable bonds is 5. The maximum absolute atomic E-state index is 11.5. The molecule has 0 heterocycles. The van der Waals surface area contributed by atoms with Gasteiger partial charge in [0.1, 0.15) is 0 Å². The largest absolute Gasteiger partial charge is 0.384 e. The summed E-state index contributed by atoms with van der Waals surface area (Å²) in [5, 5.41) is 2.80. The first-order chi connectivity index (χ1) is 7.42. The fourth-order valence-electron chi connectivity index (χ4n) is 1.24. The molecule has 1 aromatic rings. The lowest BCUT2D eigenvalue weighted by molar-refractivity contribution is 0.588. The summed E-state index contributed by atoms with van der Waals surface area (Å²) in [6, 6.07) is 7.91. The minimum absolute atomic E-state index is 0.179. The van der Waals surface area contributed by atoms with Crippen LogP contribution in [0.15, 0.2) is 24.3 Å². The fourth-order valence-corrected chi connectivity index (χ4v) is 2.10. The molecule has 0 fully saturated rings. The predicted octanol–water partition coefficient (Wildman–Crippen LogP) is 2.23. The molecule has 0 amide bonds. The smallest absolute Gasteiger partial charge is 0.154 e. The third-order valence-electron chi connectivity index (χ3n) is 2.49. The summed E-state index contributed by atoms with van der Waals surface area (Å²) in [5.74, 6) is 0.179. The van der Waals surface area contributed by atoms with Gasteiger partial charge in [0.25, 0.3) is 0 Å². The molecule has 1 rings (SSSR count). The van der Waals surface area contributed by atoms with Gasteiger partial charge in [-0.05, 0) is 32.9 Å². The molecule has 0 radical (unpaired) electrons. The van der Waals surface area contributed by atoms with E-state index in [9.17, 15) is 8.42 Å². The van der Waals surface area contributed by atoms with E-state index < -0.39 is 9.84 Å². The maximum atomic E-state index is 11.5.